The average molecular weight is 1130 g/mol. The summed E-state index contributed by atoms with van der Waals surface area (Å²) < 4.78 is 5.50. The number of aliphatic hydroxyl groups is 2. The first-order valence-corrected chi connectivity index (χ1v) is 37.3. The first kappa shape index (κ1) is 78.9. The molecule has 0 heterocycles. The van der Waals surface area contributed by atoms with Gasteiger partial charge in [-0.15, -0.1) is 0 Å². The van der Waals surface area contributed by atoms with E-state index >= 15 is 0 Å². The number of ether oxygens (including phenoxy) is 1. The summed E-state index contributed by atoms with van der Waals surface area (Å²) in [6.07, 6.45) is 86.0. The summed E-state index contributed by atoms with van der Waals surface area (Å²) in [7, 11) is 0. The summed E-state index contributed by atoms with van der Waals surface area (Å²) in [6.45, 7) is 5.01. The summed E-state index contributed by atoms with van der Waals surface area (Å²) in [5, 5.41) is 23.4. The molecule has 0 aromatic heterocycles. The summed E-state index contributed by atoms with van der Waals surface area (Å²) in [5.74, 6) is -0.00228. The van der Waals surface area contributed by atoms with Crippen LogP contribution in [0.5, 0.6) is 0 Å². The smallest absolute Gasteiger partial charge is 0.305 e. The Labute approximate surface area is 502 Å². The number of unbranched alkanes of at least 4 members (excludes halogenated alkanes) is 60. The Morgan fingerprint density at radius 3 is 0.762 bits per heavy atom. The molecular weight excluding hydrogens is 983 g/mol. The van der Waals surface area contributed by atoms with Crippen LogP contribution in [0.4, 0.5) is 0 Å². The van der Waals surface area contributed by atoms with Crippen molar-refractivity contribution in [3.8, 4) is 0 Å². The van der Waals surface area contributed by atoms with Crippen molar-refractivity contribution in [1.82, 2.24) is 5.32 Å². The first-order valence-electron chi connectivity index (χ1n) is 37.3. The number of carbonyl (C=O) groups excluding carboxylic acids is 2. The normalized spacial score (nSPS) is 12.4. The quantitative estimate of drug-likeness (QED) is 0.0417. The van der Waals surface area contributed by atoms with Gasteiger partial charge in [0.15, 0.2) is 0 Å². The van der Waals surface area contributed by atoms with Crippen molar-refractivity contribution >= 4 is 11.9 Å². The zero-order valence-corrected chi connectivity index (χ0v) is 54.9. The van der Waals surface area contributed by atoms with Gasteiger partial charge in [0.25, 0.3) is 0 Å². The van der Waals surface area contributed by atoms with Crippen molar-refractivity contribution in [2.45, 2.75) is 450 Å². The number of amides is 1. The summed E-state index contributed by atoms with van der Waals surface area (Å²) >= 11 is 0. The van der Waals surface area contributed by atoms with E-state index in [1.807, 2.05) is 0 Å². The van der Waals surface area contributed by atoms with E-state index in [0.717, 1.165) is 38.5 Å². The fourth-order valence-corrected chi connectivity index (χ4v) is 12.2. The van der Waals surface area contributed by atoms with Crippen molar-refractivity contribution in [3.63, 3.8) is 0 Å². The molecule has 6 nitrogen and oxygen atoms in total. The van der Waals surface area contributed by atoms with Crippen molar-refractivity contribution in [2.75, 3.05) is 13.2 Å². The highest BCUT2D eigenvalue weighted by Gasteiger charge is 2.20. The molecule has 0 fully saturated rings. The average Bonchev–Trinajstić information content (AvgIpc) is 3.46. The van der Waals surface area contributed by atoms with Gasteiger partial charge in [-0.3, -0.25) is 9.59 Å². The van der Waals surface area contributed by atoms with Crippen LogP contribution in [-0.4, -0.2) is 47.4 Å². The van der Waals surface area contributed by atoms with Gasteiger partial charge in [-0.2, -0.15) is 0 Å². The monoisotopic (exact) mass is 1130 g/mol. The molecule has 2 atom stereocenters. The highest BCUT2D eigenvalue weighted by atomic mass is 16.5. The number of hydrogen-bond acceptors (Lipinski definition) is 5. The van der Waals surface area contributed by atoms with Gasteiger partial charge in [0.2, 0.25) is 5.91 Å². The molecule has 0 aliphatic rings. The molecular formula is C74H147NO5. The minimum atomic E-state index is -0.661. The maximum Gasteiger partial charge on any atom is 0.305 e. The molecule has 478 valence electrons. The summed E-state index contributed by atoms with van der Waals surface area (Å²) in [4.78, 5) is 24.6. The van der Waals surface area contributed by atoms with E-state index in [9.17, 15) is 19.8 Å². The molecule has 0 aliphatic carbocycles. The van der Waals surface area contributed by atoms with Crippen LogP contribution >= 0.6 is 0 Å². The predicted molar refractivity (Wildman–Crippen MR) is 352 cm³/mol. The van der Waals surface area contributed by atoms with E-state index in [2.05, 4.69) is 19.2 Å². The number of nitrogens with one attached hydrogen (secondary N) is 1. The number of aliphatic hydroxyl groups excluding tert-OH is 2. The Morgan fingerprint density at radius 2 is 0.512 bits per heavy atom. The maximum absolute atomic E-state index is 12.5. The third-order valence-corrected chi connectivity index (χ3v) is 17.9. The SMILES string of the molecule is CCCCCCCCCCCCCCCCCCCCCC(O)C(CO)NC(=O)CCCCCCCCCCCCCCCCCCCCCCCCCCCCCCCOC(=O)CCCCCCCCCCCCCCCCC. The fraction of sp³-hybridized carbons (Fsp3) is 0.973. The van der Waals surface area contributed by atoms with Gasteiger partial charge in [0.1, 0.15) is 0 Å². The lowest BCUT2D eigenvalue weighted by atomic mass is 10.0. The molecule has 0 spiro atoms. The number of esters is 1. The van der Waals surface area contributed by atoms with Crippen LogP contribution in [0.3, 0.4) is 0 Å². The fourth-order valence-electron chi connectivity index (χ4n) is 12.2. The molecule has 0 radical (unpaired) electrons. The molecule has 1 amide bonds. The highest BCUT2D eigenvalue weighted by Crippen LogP contribution is 2.20. The first-order chi connectivity index (χ1) is 39.5. The Balaban J connectivity index is 3.32. The molecule has 2 unspecified atom stereocenters. The Morgan fingerprint density at radius 1 is 0.300 bits per heavy atom. The van der Waals surface area contributed by atoms with Crippen molar-refractivity contribution in [2.24, 2.45) is 0 Å². The molecule has 6 heteroatoms. The van der Waals surface area contributed by atoms with Crippen LogP contribution in [0.1, 0.15) is 438 Å². The van der Waals surface area contributed by atoms with Crippen LogP contribution in [0, 0.1) is 0 Å². The van der Waals surface area contributed by atoms with Crippen molar-refractivity contribution in [3.05, 3.63) is 0 Å². The van der Waals surface area contributed by atoms with Crippen LogP contribution in [0.15, 0.2) is 0 Å². The van der Waals surface area contributed by atoms with Gasteiger partial charge in [0, 0.05) is 12.8 Å². The van der Waals surface area contributed by atoms with Crippen LogP contribution < -0.4 is 5.32 Å². The van der Waals surface area contributed by atoms with Gasteiger partial charge in [-0.25, -0.2) is 0 Å². The molecule has 0 bridgehead atoms. The topological polar surface area (TPSA) is 95.9 Å². The number of carbonyl (C=O) groups is 2. The predicted octanol–water partition coefficient (Wildman–Crippen LogP) is 24.2. The lowest BCUT2D eigenvalue weighted by Gasteiger charge is -2.22. The highest BCUT2D eigenvalue weighted by molar-refractivity contribution is 5.76. The molecule has 0 saturated heterocycles. The van der Waals surface area contributed by atoms with E-state index in [0.29, 0.717) is 25.9 Å². The van der Waals surface area contributed by atoms with Crippen LogP contribution in [0.25, 0.3) is 0 Å². The second-order valence-electron chi connectivity index (χ2n) is 26.0. The van der Waals surface area contributed by atoms with E-state index < -0.39 is 12.1 Å². The second kappa shape index (κ2) is 70.3. The molecule has 0 aliphatic heterocycles. The third-order valence-electron chi connectivity index (χ3n) is 17.9. The van der Waals surface area contributed by atoms with Crippen molar-refractivity contribution in [1.29, 1.82) is 0 Å². The van der Waals surface area contributed by atoms with E-state index in [-0.39, 0.29) is 18.5 Å². The third kappa shape index (κ3) is 66.0. The molecule has 0 aromatic rings. The Hall–Kier alpha value is -1.14. The second-order valence-corrected chi connectivity index (χ2v) is 26.0. The van der Waals surface area contributed by atoms with E-state index in [4.69, 9.17) is 4.74 Å². The van der Waals surface area contributed by atoms with Crippen LogP contribution in [-0.2, 0) is 14.3 Å². The van der Waals surface area contributed by atoms with Gasteiger partial charge in [-0.1, -0.05) is 399 Å². The molecule has 0 rings (SSSR count). The van der Waals surface area contributed by atoms with Gasteiger partial charge in [-0.05, 0) is 25.7 Å². The lowest BCUT2D eigenvalue weighted by Crippen LogP contribution is -2.45. The Bertz CT molecular complexity index is 1160. The van der Waals surface area contributed by atoms with E-state index in [1.54, 1.807) is 0 Å². The molecule has 0 aromatic carbocycles. The largest absolute Gasteiger partial charge is 0.466 e. The van der Waals surface area contributed by atoms with Crippen molar-refractivity contribution < 1.29 is 24.5 Å². The summed E-state index contributed by atoms with van der Waals surface area (Å²) in [6, 6.07) is -0.538. The number of rotatable bonds is 71. The number of hydrogen-bond donors (Lipinski definition) is 3. The Kier molecular flexibility index (Phi) is 69.3. The molecule has 3 N–H and O–H groups in total. The zero-order valence-electron chi connectivity index (χ0n) is 54.9. The summed E-state index contributed by atoms with van der Waals surface area (Å²) in [5.41, 5.74) is 0. The molecule has 80 heavy (non-hydrogen) atoms. The standard InChI is InChI=1S/C74H147NO5/c1-3-5-7-9-11-13-15-17-19-20-32-35-39-42-46-50-54-58-62-66-72(77)71(70-76)75-73(78)67-63-59-55-51-47-43-40-36-33-30-28-26-24-22-21-23-25-27-29-31-34-37-41-45-49-53-57-61-65-69-80-74(79)68-64-60-56-52-48-44-38-18-16-14-12-10-8-6-4-2/h71-72,76-77H,3-70H2,1-2H3,(H,75,78). The zero-order chi connectivity index (χ0) is 57.8. The van der Waals surface area contributed by atoms with Gasteiger partial charge >= 0.3 is 5.97 Å². The van der Waals surface area contributed by atoms with Gasteiger partial charge < -0.3 is 20.3 Å². The lowest BCUT2D eigenvalue weighted by molar-refractivity contribution is -0.143. The van der Waals surface area contributed by atoms with Crippen LogP contribution in [0.2, 0.25) is 0 Å². The maximum atomic E-state index is 12.5. The molecule has 0 saturated carbocycles. The van der Waals surface area contributed by atoms with Gasteiger partial charge in [0.05, 0.1) is 25.4 Å². The minimum absolute atomic E-state index is 0.0238. The minimum Gasteiger partial charge on any atom is -0.466 e. The van der Waals surface area contributed by atoms with E-state index in [1.165, 1.54) is 366 Å².